The van der Waals surface area contributed by atoms with Crippen molar-refractivity contribution < 1.29 is 5.11 Å². The van der Waals surface area contributed by atoms with E-state index in [0.29, 0.717) is 5.92 Å². The van der Waals surface area contributed by atoms with Crippen molar-refractivity contribution in [3.63, 3.8) is 0 Å². The molecule has 2 aliphatic rings. The Kier molecular flexibility index (Phi) is 3.06. The summed E-state index contributed by atoms with van der Waals surface area (Å²) in [5, 5.41) is 13.7. The molecule has 0 aromatic carbocycles. The molecule has 2 fully saturated rings. The summed E-state index contributed by atoms with van der Waals surface area (Å²) >= 11 is 0. The number of β-amino-alcohol motifs (C(OH)–C–C–N with tert-alkyl or cyclic N) is 1. The van der Waals surface area contributed by atoms with Crippen LogP contribution in [0.2, 0.25) is 0 Å². The Balaban J connectivity index is 1.87. The fourth-order valence-corrected chi connectivity index (χ4v) is 2.72. The fraction of sp³-hybridized carbons (Fsp3) is 1.00. The first-order valence-electron chi connectivity index (χ1n) is 6.14. The summed E-state index contributed by atoms with van der Waals surface area (Å²) in [5.74, 6) is 1.98. The molecule has 88 valence electrons. The highest BCUT2D eigenvalue weighted by molar-refractivity contribution is 4.93. The van der Waals surface area contributed by atoms with Crippen molar-refractivity contribution in [2.24, 2.45) is 17.8 Å². The molecule has 0 aromatic rings. The largest absolute Gasteiger partial charge is 0.389 e. The average molecular weight is 212 g/mol. The standard InChI is InChI=1S/C12H24N2O/c1-9(2)12(3,15)8-14-6-10-4-13-5-11(10)7-14/h9-11,13,15H,4-8H2,1-3H3. The van der Waals surface area contributed by atoms with Crippen molar-refractivity contribution in [2.45, 2.75) is 26.4 Å². The number of rotatable bonds is 3. The first-order valence-corrected chi connectivity index (χ1v) is 6.14. The van der Waals surface area contributed by atoms with Crippen LogP contribution >= 0.6 is 0 Å². The Morgan fingerprint density at radius 2 is 1.87 bits per heavy atom. The predicted molar refractivity (Wildman–Crippen MR) is 61.8 cm³/mol. The molecule has 0 spiro atoms. The second-order valence-corrected chi connectivity index (χ2v) is 5.88. The van der Waals surface area contributed by atoms with Crippen LogP contribution < -0.4 is 5.32 Å². The van der Waals surface area contributed by atoms with Crippen LogP contribution in [0.5, 0.6) is 0 Å². The van der Waals surface area contributed by atoms with Crippen LogP contribution in [0, 0.1) is 17.8 Å². The van der Waals surface area contributed by atoms with Gasteiger partial charge in [0.1, 0.15) is 0 Å². The third-order valence-electron chi connectivity index (χ3n) is 4.25. The van der Waals surface area contributed by atoms with Crippen molar-refractivity contribution in [2.75, 3.05) is 32.7 Å². The SMILES string of the molecule is CC(C)C(C)(O)CN1CC2CNCC2C1. The smallest absolute Gasteiger partial charge is 0.0768 e. The summed E-state index contributed by atoms with van der Waals surface area (Å²) in [6.07, 6.45) is 0. The quantitative estimate of drug-likeness (QED) is 0.717. The second kappa shape index (κ2) is 4.04. The van der Waals surface area contributed by atoms with E-state index in [4.69, 9.17) is 0 Å². The number of hydrogen-bond donors (Lipinski definition) is 2. The zero-order valence-corrected chi connectivity index (χ0v) is 10.2. The number of aliphatic hydroxyl groups is 1. The monoisotopic (exact) mass is 212 g/mol. The average Bonchev–Trinajstić information content (AvgIpc) is 2.62. The van der Waals surface area contributed by atoms with Crippen LogP contribution in [-0.2, 0) is 0 Å². The summed E-state index contributed by atoms with van der Waals surface area (Å²) < 4.78 is 0. The lowest BCUT2D eigenvalue weighted by Gasteiger charge is -2.32. The molecular weight excluding hydrogens is 188 g/mol. The third kappa shape index (κ3) is 2.35. The molecule has 2 saturated heterocycles. The maximum atomic E-state index is 10.3. The Morgan fingerprint density at radius 3 is 2.33 bits per heavy atom. The lowest BCUT2D eigenvalue weighted by molar-refractivity contribution is -0.0150. The number of likely N-dealkylation sites (tertiary alicyclic amines) is 1. The Bertz CT molecular complexity index is 216. The van der Waals surface area contributed by atoms with Gasteiger partial charge in [0.05, 0.1) is 5.60 Å². The maximum absolute atomic E-state index is 10.3. The van der Waals surface area contributed by atoms with Crippen LogP contribution in [0.4, 0.5) is 0 Å². The first-order chi connectivity index (χ1) is 6.99. The molecule has 0 saturated carbocycles. The van der Waals surface area contributed by atoms with Gasteiger partial charge in [0, 0.05) is 19.6 Å². The van der Waals surface area contributed by atoms with Gasteiger partial charge in [-0.2, -0.15) is 0 Å². The van der Waals surface area contributed by atoms with E-state index < -0.39 is 5.60 Å². The van der Waals surface area contributed by atoms with Crippen LogP contribution in [0.1, 0.15) is 20.8 Å². The molecule has 3 atom stereocenters. The van der Waals surface area contributed by atoms with Gasteiger partial charge in [-0.05, 0) is 37.8 Å². The molecule has 0 aromatic heterocycles. The molecule has 2 aliphatic heterocycles. The highest BCUT2D eigenvalue weighted by Gasteiger charge is 2.38. The van der Waals surface area contributed by atoms with E-state index in [0.717, 1.165) is 18.4 Å². The Morgan fingerprint density at radius 1 is 1.33 bits per heavy atom. The Labute approximate surface area is 92.8 Å². The highest BCUT2D eigenvalue weighted by atomic mass is 16.3. The second-order valence-electron chi connectivity index (χ2n) is 5.88. The maximum Gasteiger partial charge on any atom is 0.0768 e. The van der Waals surface area contributed by atoms with Crippen molar-refractivity contribution >= 4 is 0 Å². The minimum atomic E-state index is -0.536. The van der Waals surface area contributed by atoms with Gasteiger partial charge >= 0.3 is 0 Å². The molecule has 3 unspecified atom stereocenters. The van der Waals surface area contributed by atoms with Crippen LogP contribution in [-0.4, -0.2) is 48.3 Å². The zero-order chi connectivity index (χ0) is 11.1. The molecule has 2 N–H and O–H groups in total. The van der Waals surface area contributed by atoms with Gasteiger partial charge in [-0.15, -0.1) is 0 Å². The zero-order valence-electron chi connectivity index (χ0n) is 10.2. The van der Waals surface area contributed by atoms with Crippen LogP contribution in [0.15, 0.2) is 0 Å². The summed E-state index contributed by atoms with van der Waals surface area (Å²) in [6, 6.07) is 0. The molecular formula is C12H24N2O. The molecule has 0 radical (unpaired) electrons. The van der Waals surface area contributed by atoms with E-state index in [9.17, 15) is 5.11 Å². The molecule has 3 nitrogen and oxygen atoms in total. The first kappa shape index (κ1) is 11.4. The van der Waals surface area contributed by atoms with Crippen LogP contribution in [0.3, 0.4) is 0 Å². The van der Waals surface area contributed by atoms with Crippen molar-refractivity contribution in [3.05, 3.63) is 0 Å². The normalized spacial score (nSPS) is 35.8. The molecule has 3 heteroatoms. The van der Waals surface area contributed by atoms with Gasteiger partial charge in [-0.1, -0.05) is 13.8 Å². The van der Waals surface area contributed by atoms with E-state index in [-0.39, 0.29) is 0 Å². The van der Waals surface area contributed by atoms with E-state index in [2.05, 4.69) is 24.1 Å². The summed E-state index contributed by atoms with van der Waals surface area (Å²) in [6.45, 7) is 11.7. The van der Waals surface area contributed by atoms with E-state index in [1.165, 1.54) is 26.2 Å². The molecule has 2 heterocycles. The predicted octanol–water partition coefficient (Wildman–Crippen LogP) is 0.545. The van der Waals surface area contributed by atoms with Gasteiger partial charge in [0.25, 0.3) is 0 Å². The number of nitrogens with zero attached hydrogens (tertiary/aromatic N) is 1. The minimum Gasteiger partial charge on any atom is -0.389 e. The van der Waals surface area contributed by atoms with Crippen molar-refractivity contribution in [1.29, 1.82) is 0 Å². The van der Waals surface area contributed by atoms with Gasteiger partial charge in [0.15, 0.2) is 0 Å². The van der Waals surface area contributed by atoms with Gasteiger partial charge in [-0.25, -0.2) is 0 Å². The summed E-state index contributed by atoms with van der Waals surface area (Å²) in [5.41, 5.74) is -0.536. The Hall–Kier alpha value is -0.120. The van der Waals surface area contributed by atoms with E-state index in [1.807, 2.05) is 6.92 Å². The van der Waals surface area contributed by atoms with Gasteiger partial charge in [0.2, 0.25) is 0 Å². The number of fused-ring (bicyclic) bond motifs is 1. The van der Waals surface area contributed by atoms with Crippen molar-refractivity contribution in [3.8, 4) is 0 Å². The molecule has 0 amide bonds. The summed E-state index contributed by atoms with van der Waals surface area (Å²) in [4.78, 5) is 2.44. The topological polar surface area (TPSA) is 35.5 Å². The molecule has 0 aliphatic carbocycles. The highest BCUT2D eigenvalue weighted by Crippen LogP contribution is 2.28. The van der Waals surface area contributed by atoms with Crippen molar-refractivity contribution in [1.82, 2.24) is 10.2 Å². The van der Waals surface area contributed by atoms with Gasteiger partial charge < -0.3 is 10.4 Å². The van der Waals surface area contributed by atoms with Gasteiger partial charge in [-0.3, -0.25) is 4.90 Å². The van der Waals surface area contributed by atoms with Crippen LogP contribution in [0.25, 0.3) is 0 Å². The molecule has 15 heavy (non-hydrogen) atoms. The lowest BCUT2D eigenvalue weighted by Crippen LogP contribution is -2.44. The number of hydrogen-bond acceptors (Lipinski definition) is 3. The lowest BCUT2D eigenvalue weighted by atomic mass is 9.92. The summed E-state index contributed by atoms with van der Waals surface area (Å²) in [7, 11) is 0. The fourth-order valence-electron chi connectivity index (χ4n) is 2.72. The van der Waals surface area contributed by atoms with E-state index >= 15 is 0 Å². The minimum absolute atomic E-state index is 0.330. The van der Waals surface area contributed by atoms with E-state index in [1.54, 1.807) is 0 Å². The molecule has 2 rings (SSSR count). The third-order valence-corrected chi connectivity index (χ3v) is 4.25. The molecule has 0 bridgehead atoms. The number of nitrogens with one attached hydrogen (secondary N) is 1.